The Bertz CT molecular complexity index is 150. The minimum absolute atomic E-state index is 0.347. The summed E-state index contributed by atoms with van der Waals surface area (Å²) >= 11 is 0. The first-order chi connectivity index (χ1) is 6.74. The van der Waals surface area contributed by atoms with Crippen molar-refractivity contribution in [2.24, 2.45) is 11.7 Å². The van der Waals surface area contributed by atoms with Gasteiger partial charge in [0.2, 0.25) is 0 Å². The Morgan fingerprint density at radius 1 is 1.57 bits per heavy atom. The van der Waals surface area contributed by atoms with Crippen molar-refractivity contribution >= 4 is 0 Å². The third-order valence-corrected chi connectivity index (χ3v) is 3.11. The van der Waals surface area contributed by atoms with Crippen molar-refractivity contribution in [3.8, 4) is 0 Å². The number of hydrogen-bond acceptors (Lipinski definition) is 3. The van der Waals surface area contributed by atoms with Gasteiger partial charge in [-0.15, -0.1) is 0 Å². The van der Waals surface area contributed by atoms with Gasteiger partial charge in [0.1, 0.15) is 0 Å². The van der Waals surface area contributed by atoms with Crippen molar-refractivity contribution in [3.63, 3.8) is 0 Å². The van der Waals surface area contributed by atoms with Crippen LogP contribution in [0.2, 0.25) is 0 Å². The van der Waals surface area contributed by atoms with E-state index in [0.29, 0.717) is 12.0 Å². The van der Waals surface area contributed by atoms with Crippen LogP contribution >= 0.6 is 0 Å². The molecule has 1 rings (SSSR count). The first-order valence-electron chi connectivity index (χ1n) is 5.71. The lowest BCUT2D eigenvalue weighted by atomic mass is 9.92. The monoisotopic (exact) mass is 200 g/mol. The van der Waals surface area contributed by atoms with Crippen LogP contribution in [0.15, 0.2) is 0 Å². The van der Waals surface area contributed by atoms with Gasteiger partial charge in [0.25, 0.3) is 0 Å². The largest absolute Gasteiger partial charge is 0.385 e. The van der Waals surface area contributed by atoms with Crippen molar-refractivity contribution in [1.82, 2.24) is 4.90 Å². The fourth-order valence-electron chi connectivity index (χ4n) is 2.16. The Morgan fingerprint density at radius 2 is 2.36 bits per heavy atom. The Balaban J connectivity index is 2.19. The summed E-state index contributed by atoms with van der Waals surface area (Å²) in [6.45, 7) is 6.59. The predicted octanol–water partition coefficient (Wildman–Crippen LogP) is 1.08. The molecule has 1 aliphatic rings. The molecular formula is C11H24N2O. The molecular weight excluding hydrogens is 176 g/mol. The summed E-state index contributed by atoms with van der Waals surface area (Å²) in [5.74, 6) is 0.700. The van der Waals surface area contributed by atoms with Crippen molar-refractivity contribution < 1.29 is 4.74 Å². The van der Waals surface area contributed by atoms with E-state index in [4.69, 9.17) is 10.5 Å². The smallest absolute Gasteiger partial charge is 0.0474 e. The standard InChI is InChI=1S/C11H24N2O/c1-10(12)11-5-3-6-13(9-11)7-4-8-14-2/h10-11H,3-9,12H2,1-2H3. The Labute approximate surface area is 87.6 Å². The van der Waals surface area contributed by atoms with E-state index >= 15 is 0 Å². The molecule has 0 aromatic rings. The van der Waals surface area contributed by atoms with Crippen LogP contribution in [-0.4, -0.2) is 44.3 Å². The van der Waals surface area contributed by atoms with Crippen LogP contribution in [-0.2, 0) is 4.74 Å². The predicted molar refractivity (Wildman–Crippen MR) is 59.3 cm³/mol. The van der Waals surface area contributed by atoms with Gasteiger partial charge in [-0.3, -0.25) is 0 Å². The maximum absolute atomic E-state index is 5.93. The number of methoxy groups -OCH3 is 1. The summed E-state index contributed by atoms with van der Waals surface area (Å²) in [7, 11) is 1.76. The quantitative estimate of drug-likeness (QED) is 0.675. The number of hydrogen-bond donors (Lipinski definition) is 1. The van der Waals surface area contributed by atoms with Crippen molar-refractivity contribution in [1.29, 1.82) is 0 Å². The van der Waals surface area contributed by atoms with Crippen molar-refractivity contribution in [3.05, 3.63) is 0 Å². The number of rotatable bonds is 5. The first kappa shape index (κ1) is 12.0. The molecule has 0 spiro atoms. The van der Waals surface area contributed by atoms with E-state index < -0.39 is 0 Å². The Hall–Kier alpha value is -0.120. The maximum Gasteiger partial charge on any atom is 0.0474 e. The highest BCUT2D eigenvalue weighted by Crippen LogP contribution is 2.18. The first-order valence-corrected chi connectivity index (χ1v) is 5.71. The van der Waals surface area contributed by atoms with Gasteiger partial charge in [-0.05, 0) is 38.6 Å². The second-order valence-corrected chi connectivity index (χ2v) is 4.41. The highest BCUT2D eigenvalue weighted by Gasteiger charge is 2.21. The molecule has 14 heavy (non-hydrogen) atoms. The average molecular weight is 200 g/mol. The van der Waals surface area contributed by atoms with E-state index in [1.165, 1.54) is 25.9 Å². The van der Waals surface area contributed by atoms with Gasteiger partial charge < -0.3 is 15.4 Å². The molecule has 1 fully saturated rings. The van der Waals surface area contributed by atoms with Gasteiger partial charge in [-0.25, -0.2) is 0 Å². The molecule has 0 aromatic carbocycles. The summed E-state index contributed by atoms with van der Waals surface area (Å²) in [4.78, 5) is 2.52. The summed E-state index contributed by atoms with van der Waals surface area (Å²) in [5.41, 5.74) is 5.93. The third kappa shape index (κ3) is 3.95. The van der Waals surface area contributed by atoms with E-state index in [1.54, 1.807) is 7.11 Å². The zero-order chi connectivity index (χ0) is 10.4. The van der Waals surface area contributed by atoms with E-state index in [2.05, 4.69) is 11.8 Å². The summed E-state index contributed by atoms with van der Waals surface area (Å²) in [6.07, 6.45) is 3.75. The lowest BCUT2D eigenvalue weighted by Gasteiger charge is -2.34. The van der Waals surface area contributed by atoms with Crippen LogP contribution in [0.25, 0.3) is 0 Å². The molecule has 1 aliphatic heterocycles. The zero-order valence-corrected chi connectivity index (χ0v) is 9.54. The second kappa shape index (κ2) is 6.38. The summed E-state index contributed by atoms with van der Waals surface area (Å²) in [5, 5.41) is 0. The van der Waals surface area contributed by atoms with Gasteiger partial charge in [0.05, 0.1) is 0 Å². The fraction of sp³-hybridized carbons (Fsp3) is 1.00. The Kier molecular flexibility index (Phi) is 5.45. The molecule has 1 heterocycles. The topological polar surface area (TPSA) is 38.5 Å². The van der Waals surface area contributed by atoms with Crippen molar-refractivity contribution in [2.45, 2.75) is 32.2 Å². The maximum atomic E-state index is 5.93. The van der Waals surface area contributed by atoms with Gasteiger partial charge in [0, 0.05) is 32.8 Å². The van der Waals surface area contributed by atoms with Gasteiger partial charge in [0.15, 0.2) is 0 Å². The minimum Gasteiger partial charge on any atom is -0.385 e. The molecule has 3 heteroatoms. The van der Waals surface area contributed by atoms with Gasteiger partial charge >= 0.3 is 0 Å². The SMILES string of the molecule is COCCCN1CCCC(C(C)N)C1. The molecule has 0 bridgehead atoms. The summed E-state index contributed by atoms with van der Waals surface area (Å²) < 4.78 is 5.06. The molecule has 0 aliphatic carbocycles. The lowest BCUT2D eigenvalue weighted by Crippen LogP contribution is -2.42. The van der Waals surface area contributed by atoms with E-state index in [1.807, 2.05) is 0 Å². The summed E-state index contributed by atoms with van der Waals surface area (Å²) in [6, 6.07) is 0.347. The number of piperidine rings is 1. The van der Waals surface area contributed by atoms with Crippen LogP contribution in [0.5, 0.6) is 0 Å². The third-order valence-electron chi connectivity index (χ3n) is 3.11. The highest BCUT2D eigenvalue weighted by molar-refractivity contribution is 4.78. The van der Waals surface area contributed by atoms with Crippen LogP contribution < -0.4 is 5.73 Å². The van der Waals surface area contributed by atoms with E-state index in [0.717, 1.165) is 19.6 Å². The van der Waals surface area contributed by atoms with Crippen LogP contribution in [0.4, 0.5) is 0 Å². The number of ether oxygens (including phenoxy) is 1. The molecule has 0 saturated carbocycles. The number of likely N-dealkylation sites (tertiary alicyclic amines) is 1. The van der Waals surface area contributed by atoms with Crippen LogP contribution in [0.1, 0.15) is 26.2 Å². The van der Waals surface area contributed by atoms with Crippen molar-refractivity contribution in [2.75, 3.05) is 33.4 Å². The van der Waals surface area contributed by atoms with Crippen LogP contribution in [0, 0.1) is 5.92 Å². The van der Waals surface area contributed by atoms with E-state index in [-0.39, 0.29) is 0 Å². The van der Waals surface area contributed by atoms with Gasteiger partial charge in [-0.1, -0.05) is 0 Å². The number of nitrogens with two attached hydrogens (primary N) is 1. The van der Waals surface area contributed by atoms with E-state index in [9.17, 15) is 0 Å². The fourth-order valence-corrected chi connectivity index (χ4v) is 2.16. The molecule has 0 radical (unpaired) electrons. The average Bonchev–Trinajstić information content (AvgIpc) is 2.19. The Morgan fingerprint density at radius 3 is 3.00 bits per heavy atom. The molecule has 1 saturated heterocycles. The molecule has 3 nitrogen and oxygen atoms in total. The molecule has 2 N–H and O–H groups in total. The zero-order valence-electron chi connectivity index (χ0n) is 9.54. The number of nitrogens with zero attached hydrogens (tertiary/aromatic N) is 1. The second-order valence-electron chi connectivity index (χ2n) is 4.41. The van der Waals surface area contributed by atoms with Crippen LogP contribution in [0.3, 0.4) is 0 Å². The van der Waals surface area contributed by atoms with Gasteiger partial charge in [-0.2, -0.15) is 0 Å². The molecule has 2 unspecified atom stereocenters. The molecule has 0 aromatic heterocycles. The molecule has 0 amide bonds. The minimum atomic E-state index is 0.347. The normalized spacial score (nSPS) is 26.4. The lowest BCUT2D eigenvalue weighted by molar-refractivity contribution is 0.134. The molecule has 2 atom stereocenters. The highest BCUT2D eigenvalue weighted by atomic mass is 16.5. The molecule has 84 valence electrons.